The number of nitrogens with zero attached hydrogens (tertiary/aromatic N) is 2. The summed E-state index contributed by atoms with van der Waals surface area (Å²) in [5.41, 5.74) is 3.00. The summed E-state index contributed by atoms with van der Waals surface area (Å²) in [5.74, 6) is -0.471. The predicted molar refractivity (Wildman–Crippen MR) is 110 cm³/mol. The van der Waals surface area contributed by atoms with E-state index in [0.29, 0.717) is 24.5 Å². The Morgan fingerprint density at radius 2 is 1.93 bits per heavy atom. The number of carbonyl (C=O) groups excluding carboxylic acids is 1. The monoisotopic (exact) mass is 405 g/mol. The predicted octanol–water partition coefficient (Wildman–Crippen LogP) is 3.00. The molecule has 8 heteroatoms. The minimum absolute atomic E-state index is 0.171. The van der Waals surface area contributed by atoms with E-state index in [4.69, 9.17) is 0 Å². The number of nitrogens with one attached hydrogen (secondary N) is 1. The van der Waals surface area contributed by atoms with Crippen molar-refractivity contribution in [2.75, 3.05) is 40.9 Å². The first-order chi connectivity index (χ1) is 13.2. The van der Waals surface area contributed by atoms with Crippen molar-refractivity contribution in [1.82, 2.24) is 0 Å². The topological polar surface area (TPSA) is 69.7 Å². The molecule has 2 aromatic rings. The van der Waals surface area contributed by atoms with Gasteiger partial charge in [-0.2, -0.15) is 0 Å². The summed E-state index contributed by atoms with van der Waals surface area (Å²) in [7, 11) is -1.52. The van der Waals surface area contributed by atoms with Gasteiger partial charge in [0.2, 0.25) is 15.9 Å². The highest BCUT2D eigenvalue weighted by molar-refractivity contribution is 7.92. The zero-order valence-corrected chi connectivity index (χ0v) is 16.8. The minimum atomic E-state index is -3.35. The Balaban J connectivity index is 1.64. The fourth-order valence-corrected chi connectivity index (χ4v) is 4.27. The number of sulfonamides is 1. The average molecular weight is 405 g/mol. The number of fused-ring (bicyclic) bond motifs is 1. The van der Waals surface area contributed by atoms with Crippen LogP contribution in [-0.4, -0.2) is 40.7 Å². The first-order valence-electron chi connectivity index (χ1n) is 9.11. The van der Waals surface area contributed by atoms with Crippen molar-refractivity contribution in [1.29, 1.82) is 0 Å². The fraction of sp³-hybridized carbons (Fsp3) is 0.350. The van der Waals surface area contributed by atoms with Crippen molar-refractivity contribution in [2.45, 2.75) is 19.3 Å². The van der Waals surface area contributed by atoms with Crippen LogP contribution in [0.15, 0.2) is 42.5 Å². The van der Waals surface area contributed by atoms with Gasteiger partial charge >= 0.3 is 0 Å². The molecule has 1 amide bonds. The Labute approximate surface area is 165 Å². The van der Waals surface area contributed by atoms with Gasteiger partial charge in [-0.1, -0.05) is 6.07 Å². The largest absolute Gasteiger partial charge is 0.374 e. The summed E-state index contributed by atoms with van der Waals surface area (Å²) in [6.45, 7) is 0.920. The van der Waals surface area contributed by atoms with E-state index in [1.54, 1.807) is 24.3 Å². The van der Waals surface area contributed by atoms with E-state index in [0.717, 1.165) is 24.1 Å². The van der Waals surface area contributed by atoms with Gasteiger partial charge in [0.15, 0.2) is 0 Å². The summed E-state index contributed by atoms with van der Waals surface area (Å²) in [6.07, 6.45) is 3.04. The molecule has 0 saturated heterocycles. The van der Waals surface area contributed by atoms with Gasteiger partial charge in [-0.3, -0.25) is 9.10 Å². The van der Waals surface area contributed by atoms with Gasteiger partial charge in [0.25, 0.3) is 0 Å². The van der Waals surface area contributed by atoms with Crippen molar-refractivity contribution in [3.8, 4) is 0 Å². The Morgan fingerprint density at radius 3 is 2.61 bits per heavy atom. The summed E-state index contributed by atoms with van der Waals surface area (Å²) in [6, 6.07) is 11.5. The second-order valence-electron chi connectivity index (χ2n) is 6.98. The number of aryl methyl sites for hydroxylation is 1. The van der Waals surface area contributed by atoms with E-state index in [9.17, 15) is 17.6 Å². The summed E-state index contributed by atoms with van der Waals surface area (Å²) in [5, 5.41) is 2.83. The van der Waals surface area contributed by atoms with E-state index in [1.807, 2.05) is 18.0 Å². The maximum absolute atomic E-state index is 13.0. The lowest BCUT2D eigenvalue weighted by molar-refractivity contribution is -0.116. The lowest BCUT2D eigenvalue weighted by atomic mass is 10.0. The van der Waals surface area contributed by atoms with Gasteiger partial charge in [0.05, 0.1) is 11.9 Å². The summed E-state index contributed by atoms with van der Waals surface area (Å²) >= 11 is 0. The zero-order chi connectivity index (χ0) is 20.3. The molecule has 0 aliphatic carbocycles. The highest BCUT2D eigenvalue weighted by Crippen LogP contribution is 2.31. The molecule has 150 valence electrons. The van der Waals surface area contributed by atoms with Crippen LogP contribution in [0.1, 0.15) is 18.4 Å². The van der Waals surface area contributed by atoms with Crippen LogP contribution in [-0.2, 0) is 21.2 Å². The van der Waals surface area contributed by atoms with Crippen LogP contribution >= 0.6 is 0 Å². The third kappa shape index (κ3) is 4.81. The highest BCUT2D eigenvalue weighted by Gasteiger charge is 2.24. The number of benzene rings is 2. The zero-order valence-electron chi connectivity index (χ0n) is 16.0. The number of halogens is 1. The maximum Gasteiger partial charge on any atom is 0.232 e. The molecule has 6 nitrogen and oxygen atoms in total. The van der Waals surface area contributed by atoms with E-state index in [-0.39, 0.29) is 18.1 Å². The Hall–Kier alpha value is -2.61. The molecule has 0 spiro atoms. The standard InChI is InChI=1S/C20H24FN3O3S/c1-23(18-9-6-16(21)7-10-18)13-11-20(25)22-17-8-5-15-4-3-12-24(19(15)14-17)28(2,26)27/h5-10,14H,3-4,11-13H2,1-2H3,(H,22,25). The maximum atomic E-state index is 13.0. The molecule has 1 N–H and O–H groups in total. The van der Waals surface area contributed by atoms with Crippen LogP contribution in [0.2, 0.25) is 0 Å². The van der Waals surface area contributed by atoms with Gasteiger partial charge in [-0.05, 0) is 54.8 Å². The van der Waals surface area contributed by atoms with Gasteiger partial charge in [0, 0.05) is 37.9 Å². The Kier molecular flexibility index (Phi) is 5.88. The van der Waals surface area contributed by atoms with Gasteiger partial charge in [-0.15, -0.1) is 0 Å². The Morgan fingerprint density at radius 1 is 1.21 bits per heavy atom. The average Bonchev–Trinajstić information content (AvgIpc) is 2.65. The molecule has 0 radical (unpaired) electrons. The minimum Gasteiger partial charge on any atom is -0.374 e. The summed E-state index contributed by atoms with van der Waals surface area (Å²) in [4.78, 5) is 14.2. The molecule has 0 unspecified atom stereocenters. The number of amides is 1. The lowest BCUT2D eigenvalue weighted by Gasteiger charge is -2.29. The molecule has 1 aliphatic rings. The fourth-order valence-electron chi connectivity index (χ4n) is 3.28. The van der Waals surface area contributed by atoms with Crippen LogP contribution in [0, 0.1) is 5.82 Å². The van der Waals surface area contributed by atoms with Crippen LogP contribution < -0.4 is 14.5 Å². The molecular formula is C20H24FN3O3S. The van der Waals surface area contributed by atoms with Crippen molar-refractivity contribution in [3.05, 3.63) is 53.8 Å². The van der Waals surface area contributed by atoms with Gasteiger partial charge in [-0.25, -0.2) is 12.8 Å². The van der Waals surface area contributed by atoms with E-state index in [2.05, 4.69) is 5.32 Å². The molecule has 0 bridgehead atoms. The molecule has 0 aromatic heterocycles. The smallest absolute Gasteiger partial charge is 0.232 e. The number of rotatable bonds is 6. The first-order valence-corrected chi connectivity index (χ1v) is 11.0. The molecule has 2 aromatic carbocycles. The number of carbonyl (C=O) groups is 1. The number of hydrogen-bond donors (Lipinski definition) is 1. The molecule has 3 rings (SSSR count). The van der Waals surface area contributed by atoms with Crippen molar-refractivity contribution < 1.29 is 17.6 Å². The SMILES string of the molecule is CN(CCC(=O)Nc1ccc2c(c1)N(S(C)(=O)=O)CCC2)c1ccc(F)cc1. The van der Waals surface area contributed by atoms with Crippen LogP contribution in [0.4, 0.5) is 21.5 Å². The molecule has 0 atom stereocenters. The molecular weight excluding hydrogens is 381 g/mol. The Bertz CT molecular complexity index is 961. The van der Waals surface area contributed by atoms with Crippen LogP contribution in [0.5, 0.6) is 0 Å². The molecule has 28 heavy (non-hydrogen) atoms. The summed E-state index contributed by atoms with van der Waals surface area (Å²) < 4.78 is 38.4. The van der Waals surface area contributed by atoms with Crippen molar-refractivity contribution >= 4 is 33.0 Å². The van der Waals surface area contributed by atoms with Crippen LogP contribution in [0.3, 0.4) is 0 Å². The van der Waals surface area contributed by atoms with Gasteiger partial charge in [0.1, 0.15) is 5.82 Å². The van der Waals surface area contributed by atoms with Crippen LogP contribution in [0.25, 0.3) is 0 Å². The van der Waals surface area contributed by atoms with E-state index >= 15 is 0 Å². The third-order valence-corrected chi connectivity index (χ3v) is 5.97. The van der Waals surface area contributed by atoms with Crippen molar-refractivity contribution in [3.63, 3.8) is 0 Å². The van der Waals surface area contributed by atoms with E-state index < -0.39 is 10.0 Å². The van der Waals surface area contributed by atoms with Crippen molar-refractivity contribution in [2.24, 2.45) is 0 Å². The first kappa shape index (κ1) is 20.1. The third-order valence-electron chi connectivity index (χ3n) is 4.79. The number of anilines is 3. The molecule has 0 saturated carbocycles. The quantitative estimate of drug-likeness (QED) is 0.802. The number of hydrogen-bond acceptors (Lipinski definition) is 4. The molecule has 0 fully saturated rings. The normalized spacial score (nSPS) is 13.8. The lowest BCUT2D eigenvalue weighted by Crippen LogP contribution is -2.34. The van der Waals surface area contributed by atoms with E-state index in [1.165, 1.54) is 22.7 Å². The van der Waals surface area contributed by atoms with Gasteiger partial charge < -0.3 is 10.2 Å². The second kappa shape index (κ2) is 8.18. The second-order valence-corrected chi connectivity index (χ2v) is 8.89. The molecule has 1 heterocycles. The molecule has 1 aliphatic heterocycles. The highest BCUT2D eigenvalue weighted by atomic mass is 32.2.